The van der Waals surface area contributed by atoms with Crippen molar-refractivity contribution in [3.8, 4) is 5.75 Å². The normalized spacial score (nSPS) is 18.2. The standard InChI is InChI=1S/C15H15ClN2O3/c16-12-3-4-13(15-11(12)2-1-6-17-15)21-9-14(20)18-7-5-10(19)8-18/h1-4,6,10,19H,5,7-9H2/t10-/m1/s1. The van der Waals surface area contributed by atoms with Crippen LogP contribution in [0, 0.1) is 0 Å². The maximum atomic E-state index is 12.0. The van der Waals surface area contributed by atoms with Crippen LogP contribution in [0.1, 0.15) is 6.42 Å². The van der Waals surface area contributed by atoms with Crippen LogP contribution >= 0.6 is 11.6 Å². The Kier molecular flexibility index (Phi) is 3.94. The van der Waals surface area contributed by atoms with E-state index in [1.165, 1.54) is 0 Å². The molecule has 3 rings (SSSR count). The first kappa shape index (κ1) is 14.1. The zero-order valence-corrected chi connectivity index (χ0v) is 12.1. The van der Waals surface area contributed by atoms with Crippen molar-refractivity contribution in [1.29, 1.82) is 0 Å². The van der Waals surface area contributed by atoms with Crippen LogP contribution in [0.5, 0.6) is 5.75 Å². The lowest BCUT2D eigenvalue weighted by Crippen LogP contribution is -2.33. The Labute approximate surface area is 127 Å². The van der Waals surface area contributed by atoms with E-state index in [0.717, 1.165) is 5.39 Å². The summed E-state index contributed by atoms with van der Waals surface area (Å²) >= 11 is 6.11. The lowest BCUT2D eigenvalue weighted by Gasteiger charge is -2.16. The molecule has 0 saturated carbocycles. The molecule has 2 aromatic rings. The fourth-order valence-corrected chi connectivity index (χ4v) is 2.64. The molecule has 1 aliphatic rings. The van der Waals surface area contributed by atoms with Gasteiger partial charge in [0.05, 0.1) is 11.1 Å². The van der Waals surface area contributed by atoms with Gasteiger partial charge in [-0.1, -0.05) is 11.6 Å². The van der Waals surface area contributed by atoms with Gasteiger partial charge in [-0.3, -0.25) is 9.78 Å². The topological polar surface area (TPSA) is 62.7 Å². The summed E-state index contributed by atoms with van der Waals surface area (Å²) in [4.78, 5) is 17.9. The zero-order chi connectivity index (χ0) is 14.8. The van der Waals surface area contributed by atoms with Gasteiger partial charge in [0.25, 0.3) is 5.91 Å². The average molecular weight is 307 g/mol. The predicted molar refractivity (Wildman–Crippen MR) is 79.5 cm³/mol. The number of hydrogen-bond donors (Lipinski definition) is 1. The fourth-order valence-electron chi connectivity index (χ4n) is 2.43. The molecule has 110 valence electrons. The number of aromatic nitrogens is 1. The van der Waals surface area contributed by atoms with Crippen LogP contribution in [-0.4, -0.2) is 46.7 Å². The van der Waals surface area contributed by atoms with E-state index in [1.807, 2.05) is 6.07 Å². The van der Waals surface area contributed by atoms with Crippen LogP contribution in [0.15, 0.2) is 30.5 Å². The van der Waals surface area contributed by atoms with Crippen molar-refractivity contribution >= 4 is 28.4 Å². The minimum Gasteiger partial charge on any atom is -0.481 e. The summed E-state index contributed by atoms with van der Waals surface area (Å²) in [7, 11) is 0. The number of nitrogens with zero attached hydrogens (tertiary/aromatic N) is 2. The van der Waals surface area contributed by atoms with Gasteiger partial charge in [-0.05, 0) is 30.7 Å². The number of hydrogen-bond acceptors (Lipinski definition) is 4. The second-order valence-electron chi connectivity index (χ2n) is 5.02. The Bertz CT molecular complexity index is 677. The summed E-state index contributed by atoms with van der Waals surface area (Å²) in [6, 6.07) is 7.10. The predicted octanol–water partition coefficient (Wildman–Crippen LogP) is 1.86. The number of likely N-dealkylation sites (tertiary alicyclic amines) is 1. The Balaban J connectivity index is 1.74. The second kappa shape index (κ2) is 5.87. The molecule has 5 nitrogen and oxygen atoms in total. The third-order valence-corrected chi connectivity index (χ3v) is 3.88. The molecule has 0 unspecified atom stereocenters. The Morgan fingerprint density at radius 1 is 1.48 bits per heavy atom. The number of rotatable bonds is 3. The highest BCUT2D eigenvalue weighted by molar-refractivity contribution is 6.35. The van der Waals surface area contributed by atoms with Crippen molar-refractivity contribution in [3.63, 3.8) is 0 Å². The molecule has 1 N–H and O–H groups in total. The number of aliphatic hydroxyl groups is 1. The van der Waals surface area contributed by atoms with E-state index in [4.69, 9.17) is 16.3 Å². The molecule has 1 saturated heterocycles. The van der Waals surface area contributed by atoms with Gasteiger partial charge in [-0.2, -0.15) is 0 Å². The van der Waals surface area contributed by atoms with Gasteiger partial charge in [-0.25, -0.2) is 0 Å². The summed E-state index contributed by atoms with van der Waals surface area (Å²) < 4.78 is 5.59. The molecular formula is C15H15ClN2O3. The zero-order valence-electron chi connectivity index (χ0n) is 11.3. The van der Waals surface area contributed by atoms with E-state index in [9.17, 15) is 9.90 Å². The smallest absolute Gasteiger partial charge is 0.260 e. The van der Waals surface area contributed by atoms with E-state index in [1.54, 1.807) is 29.3 Å². The molecule has 0 aliphatic carbocycles. The summed E-state index contributed by atoms with van der Waals surface area (Å²) in [5, 5.41) is 10.8. The van der Waals surface area contributed by atoms with E-state index in [0.29, 0.717) is 35.8 Å². The number of benzene rings is 1. The number of carbonyl (C=O) groups excluding carboxylic acids is 1. The number of fused-ring (bicyclic) bond motifs is 1. The molecule has 2 heterocycles. The molecule has 1 amide bonds. The highest BCUT2D eigenvalue weighted by Crippen LogP contribution is 2.29. The molecule has 0 spiro atoms. The van der Waals surface area contributed by atoms with E-state index < -0.39 is 6.10 Å². The highest BCUT2D eigenvalue weighted by Gasteiger charge is 2.24. The summed E-state index contributed by atoms with van der Waals surface area (Å²) in [6.07, 6.45) is 1.86. The number of amides is 1. The average Bonchev–Trinajstić information content (AvgIpc) is 2.93. The Morgan fingerprint density at radius 2 is 2.33 bits per heavy atom. The first-order valence-corrected chi connectivity index (χ1v) is 7.15. The van der Waals surface area contributed by atoms with Crippen molar-refractivity contribution in [3.05, 3.63) is 35.5 Å². The lowest BCUT2D eigenvalue weighted by molar-refractivity contribution is -0.132. The number of halogens is 1. The van der Waals surface area contributed by atoms with Crippen LogP contribution in [-0.2, 0) is 4.79 Å². The van der Waals surface area contributed by atoms with E-state index >= 15 is 0 Å². The molecule has 1 fully saturated rings. The van der Waals surface area contributed by atoms with Crippen LogP contribution < -0.4 is 4.74 Å². The SMILES string of the molecule is O=C(COc1ccc(Cl)c2cccnc12)N1CC[C@@H](O)C1. The molecule has 1 atom stereocenters. The highest BCUT2D eigenvalue weighted by atomic mass is 35.5. The van der Waals surface area contributed by atoms with E-state index in [2.05, 4.69) is 4.98 Å². The van der Waals surface area contributed by atoms with Crippen molar-refractivity contribution < 1.29 is 14.6 Å². The summed E-state index contributed by atoms with van der Waals surface area (Å²) in [5.41, 5.74) is 0.638. The van der Waals surface area contributed by atoms with E-state index in [-0.39, 0.29) is 12.5 Å². The maximum absolute atomic E-state index is 12.0. The molecule has 0 bridgehead atoms. The molecular weight excluding hydrogens is 292 g/mol. The first-order valence-electron chi connectivity index (χ1n) is 6.77. The van der Waals surface area contributed by atoms with Crippen LogP contribution in [0.25, 0.3) is 10.9 Å². The number of carbonyl (C=O) groups is 1. The van der Waals surface area contributed by atoms with Gasteiger partial charge >= 0.3 is 0 Å². The van der Waals surface area contributed by atoms with Crippen molar-refractivity contribution in [2.24, 2.45) is 0 Å². The third kappa shape index (κ3) is 2.94. The van der Waals surface area contributed by atoms with Gasteiger partial charge in [0.15, 0.2) is 6.61 Å². The Hall–Kier alpha value is -1.85. The Morgan fingerprint density at radius 3 is 3.10 bits per heavy atom. The van der Waals surface area contributed by atoms with Gasteiger partial charge in [0, 0.05) is 24.7 Å². The molecule has 1 aromatic carbocycles. The van der Waals surface area contributed by atoms with Gasteiger partial charge in [0.2, 0.25) is 0 Å². The summed E-state index contributed by atoms with van der Waals surface area (Å²) in [5.74, 6) is 0.397. The van der Waals surface area contributed by atoms with Crippen molar-refractivity contribution in [2.75, 3.05) is 19.7 Å². The quantitative estimate of drug-likeness (QED) is 0.940. The number of aliphatic hydroxyl groups excluding tert-OH is 1. The first-order chi connectivity index (χ1) is 10.1. The van der Waals surface area contributed by atoms with Crippen LogP contribution in [0.2, 0.25) is 5.02 Å². The van der Waals surface area contributed by atoms with Gasteiger partial charge in [0.1, 0.15) is 11.3 Å². The molecule has 1 aromatic heterocycles. The number of pyridine rings is 1. The van der Waals surface area contributed by atoms with Crippen LogP contribution in [0.3, 0.4) is 0 Å². The third-order valence-electron chi connectivity index (χ3n) is 3.55. The molecule has 0 radical (unpaired) electrons. The van der Waals surface area contributed by atoms with Gasteiger partial charge in [-0.15, -0.1) is 0 Å². The minimum atomic E-state index is -0.424. The molecule has 1 aliphatic heterocycles. The monoisotopic (exact) mass is 306 g/mol. The number of β-amino-alcohol motifs (C(OH)–C–C–N with tert-alkyl or cyclic N) is 1. The maximum Gasteiger partial charge on any atom is 0.260 e. The molecule has 6 heteroatoms. The minimum absolute atomic E-state index is 0.0694. The number of ether oxygens (including phenoxy) is 1. The second-order valence-corrected chi connectivity index (χ2v) is 5.42. The lowest BCUT2D eigenvalue weighted by atomic mass is 10.2. The fraction of sp³-hybridized carbons (Fsp3) is 0.333. The van der Waals surface area contributed by atoms with Gasteiger partial charge < -0.3 is 14.7 Å². The summed E-state index contributed by atoms with van der Waals surface area (Å²) in [6.45, 7) is 0.880. The molecule has 21 heavy (non-hydrogen) atoms. The van der Waals surface area contributed by atoms with Crippen molar-refractivity contribution in [1.82, 2.24) is 9.88 Å². The van der Waals surface area contributed by atoms with Crippen molar-refractivity contribution in [2.45, 2.75) is 12.5 Å². The largest absolute Gasteiger partial charge is 0.481 e. The van der Waals surface area contributed by atoms with Crippen LogP contribution in [0.4, 0.5) is 0 Å².